The van der Waals surface area contributed by atoms with Crippen LogP contribution in [0.15, 0.2) is 18.3 Å². The third-order valence-corrected chi connectivity index (χ3v) is 4.27. The SMILES string of the molecule is C[I-]c1nsc2cccnc12. The predicted octanol–water partition coefficient (Wildman–Crippen LogP) is -1.42. The fourth-order valence-corrected chi connectivity index (χ4v) is 3.59. The van der Waals surface area contributed by atoms with Gasteiger partial charge in [-0.3, -0.25) is 0 Å². The number of hydrogen-bond acceptors (Lipinski definition) is 3. The zero-order valence-electron chi connectivity index (χ0n) is 5.91. The molecule has 0 saturated carbocycles. The van der Waals surface area contributed by atoms with Crippen molar-refractivity contribution in [2.45, 2.75) is 0 Å². The van der Waals surface area contributed by atoms with Crippen LogP contribution in [0.5, 0.6) is 0 Å². The quantitative estimate of drug-likeness (QED) is 0.472. The Morgan fingerprint density at radius 1 is 1.55 bits per heavy atom. The van der Waals surface area contributed by atoms with Gasteiger partial charge in [-0.2, -0.15) is 0 Å². The Morgan fingerprint density at radius 2 is 2.45 bits per heavy atom. The van der Waals surface area contributed by atoms with E-state index in [9.17, 15) is 0 Å². The van der Waals surface area contributed by atoms with Crippen LogP contribution in [0.4, 0.5) is 0 Å². The summed E-state index contributed by atoms with van der Waals surface area (Å²) in [5.74, 6) is 0. The molecule has 0 aliphatic carbocycles. The van der Waals surface area contributed by atoms with Gasteiger partial charge in [0.15, 0.2) is 0 Å². The van der Waals surface area contributed by atoms with E-state index in [1.165, 1.54) is 8.40 Å². The molecule has 58 valence electrons. The van der Waals surface area contributed by atoms with Crippen molar-refractivity contribution in [1.82, 2.24) is 9.36 Å². The molecular formula is C7H6IN2S-. The summed E-state index contributed by atoms with van der Waals surface area (Å²) in [6.07, 6.45) is 1.83. The standard InChI is InChI=1S/C7H6IN2S/c1-8-7-6-5(11-10-7)3-2-4-9-6/h2-4H,1H3/q-1. The van der Waals surface area contributed by atoms with E-state index in [1.54, 1.807) is 11.5 Å². The second-order valence-electron chi connectivity index (χ2n) is 2.01. The summed E-state index contributed by atoms with van der Waals surface area (Å²) in [6, 6.07) is 4.03. The molecule has 0 bridgehead atoms. The molecule has 4 heteroatoms. The Balaban J connectivity index is 2.76. The maximum atomic E-state index is 4.34. The molecular weight excluding hydrogens is 271 g/mol. The molecule has 0 unspecified atom stereocenters. The van der Waals surface area contributed by atoms with Crippen LogP contribution in [0.25, 0.3) is 10.2 Å². The van der Waals surface area contributed by atoms with Gasteiger partial charge < -0.3 is 0 Å². The van der Waals surface area contributed by atoms with Crippen LogP contribution in [0.1, 0.15) is 0 Å². The van der Waals surface area contributed by atoms with Crippen LogP contribution >= 0.6 is 11.5 Å². The Labute approximate surface area is 79.1 Å². The number of rotatable bonds is 1. The van der Waals surface area contributed by atoms with Crippen molar-refractivity contribution in [2.75, 3.05) is 4.93 Å². The maximum absolute atomic E-state index is 4.34. The molecule has 0 fully saturated rings. The van der Waals surface area contributed by atoms with Crippen LogP contribution in [-0.4, -0.2) is 14.3 Å². The van der Waals surface area contributed by atoms with Crippen molar-refractivity contribution in [3.8, 4) is 0 Å². The van der Waals surface area contributed by atoms with Crippen molar-refractivity contribution >= 4 is 21.7 Å². The summed E-state index contributed by atoms with van der Waals surface area (Å²) in [7, 11) is 0. The second kappa shape index (κ2) is 3.02. The van der Waals surface area contributed by atoms with E-state index in [0.717, 1.165) is 5.52 Å². The number of aromatic nitrogens is 2. The summed E-state index contributed by atoms with van der Waals surface area (Å²) < 4.78 is 6.78. The molecule has 11 heavy (non-hydrogen) atoms. The summed E-state index contributed by atoms with van der Waals surface area (Å²) in [4.78, 5) is 6.50. The average Bonchev–Trinajstić information content (AvgIpc) is 2.47. The van der Waals surface area contributed by atoms with Crippen molar-refractivity contribution in [1.29, 1.82) is 0 Å². The summed E-state index contributed by atoms with van der Waals surface area (Å²) >= 11 is 1.64. The molecule has 0 aliphatic heterocycles. The van der Waals surface area contributed by atoms with Gasteiger partial charge in [0.1, 0.15) is 0 Å². The zero-order valence-corrected chi connectivity index (χ0v) is 8.89. The predicted molar refractivity (Wildman–Crippen MR) is 42.0 cm³/mol. The molecule has 2 heterocycles. The van der Waals surface area contributed by atoms with Gasteiger partial charge in [0.25, 0.3) is 0 Å². The van der Waals surface area contributed by atoms with Crippen LogP contribution in [0, 0.1) is 3.70 Å². The van der Waals surface area contributed by atoms with Gasteiger partial charge >= 0.3 is 79.3 Å². The molecule has 2 aromatic rings. The summed E-state index contributed by atoms with van der Waals surface area (Å²) in [5.41, 5.74) is 1.12. The Morgan fingerprint density at radius 3 is 3.27 bits per heavy atom. The average molecular weight is 277 g/mol. The van der Waals surface area contributed by atoms with Crippen molar-refractivity contribution in [3.63, 3.8) is 0 Å². The van der Waals surface area contributed by atoms with Crippen molar-refractivity contribution < 1.29 is 21.2 Å². The number of hydrogen-bond donors (Lipinski definition) is 0. The molecule has 0 aromatic carbocycles. The monoisotopic (exact) mass is 277 g/mol. The number of nitrogens with zero attached hydrogens (tertiary/aromatic N) is 2. The minimum absolute atomic E-state index is 0.0816. The number of alkyl halides is 1. The van der Waals surface area contributed by atoms with Gasteiger partial charge in [-0.25, -0.2) is 0 Å². The molecule has 2 aromatic heterocycles. The van der Waals surface area contributed by atoms with Gasteiger partial charge in [0.05, 0.1) is 0 Å². The molecule has 0 radical (unpaired) electrons. The Hall–Kier alpha value is -0.230. The molecule has 2 rings (SSSR count). The van der Waals surface area contributed by atoms with E-state index in [2.05, 4.69) is 20.4 Å². The van der Waals surface area contributed by atoms with E-state index in [-0.39, 0.29) is 21.2 Å². The van der Waals surface area contributed by atoms with E-state index < -0.39 is 0 Å². The van der Waals surface area contributed by atoms with Gasteiger partial charge in [0.2, 0.25) is 0 Å². The topological polar surface area (TPSA) is 25.8 Å². The second-order valence-corrected chi connectivity index (χ2v) is 4.92. The third kappa shape index (κ3) is 1.24. The first-order valence-electron chi connectivity index (χ1n) is 3.11. The minimum atomic E-state index is 0.0816. The van der Waals surface area contributed by atoms with Crippen LogP contribution in [0.2, 0.25) is 0 Å². The first kappa shape index (κ1) is 7.42. The molecule has 0 amide bonds. The van der Waals surface area contributed by atoms with Crippen LogP contribution in [0.3, 0.4) is 0 Å². The van der Waals surface area contributed by atoms with Crippen LogP contribution < -0.4 is 21.2 Å². The van der Waals surface area contributed by atoms with E-state index in [1.807, 2.05) is 12.3 Å². The fraction of sp³-hybridized carbons (Fsp3) is 0.143. The Kier molecular flexibility index (Phi) is 2.04. The number of halogens is 1. The van der Waals surface area contributed by atoms with Gasteiger partial charge in [-0.1, -0.05) is 0 Å². The third-order valence-electron chi connectivity index (χ3n) is 1.37. The number of pyridine rings is 1. The molecule has 2 nitrogen and oxygen atoms in total. The summed E-state index contributed by atoms with van der Waals surface area (Å²) in [5, 5.41) is 0. The first-order chi connectivity index (χ1) is 5.42. The fourth-order valence-electron chi connectivity index (χ4n) is 0.876. The van der Waals surface area contributed by atoms with Gasteiger partial charge in [0, 0.05) is 0 Å². The van der Waals surface area contributed by atoms with Crippen molar-refractivity contribution in [3.05, 3.63) is 22.0 Å². The molecule has 0 aliphatic rings. The normalized spacial score (nSPS) is 11.0. The van der Waals surface area contributed by atoms with Gasteiger partial charge in [-0.05, 0) is 0 Å². The summed E-state index contributed by atoms with van der Waals surface area (Å²) in [6.45, 7) is 0. The van der Waals surface area contributed by atoms with E-state index in [0.29, 0.717) is 0 Å². The molecule has 0 spiro atoms. The Bertz CT molecular complexity index is 371. The first-order valence-corrected chi connectivity index (χ1v) is 7.12. The zero-order chi connectivity index (χ0) is 7.68. The van der Waals surface area contributed by atoms with Crippen LogP contribution in [-0.2, 0) is 0 Å². The molecule has 0 N–H and O–H groups in total. The number of fused-ring (bicyclic) bond motifs is 1. The van der Waals surface area contributed by atoms with E-state index in [4.69, 9.17) is 0 Å². The van der Waals surface area contributed by atoms with Crippen molar-refractivity contribution in [2.24, 2.45) is 0 Å². The molecule has 0 saturated heterocycles. The molecule has 0 atom stereocenters. The van der Waals surface area contributed by atoms with Gasteiger partial charge in [-0.15, -0.1) is 0 Å². The van der Waals surface area contributed by atoms with E-state index >= 15 is 0 Å².